The van der Waals surface area contributed by atoms with E-state index in [4.69, 9.17) is 20.8 Å². The number of carbonyl (C=O) groups is 2. The fourth-order valence-corrected chi connectivity index (χ4v) is 2.38. The van der Waals surface area contributed by atoms with Gasteiger partial charge in [-0.05, 0) is 36.4 Å². The number of halogens is 1. The van der Waals surface area contributed by atoms with E-state index in [-0.39, 0.29) is 0 Å². The van der Waals surface area contributed by atoms with Crippen LogP contribution in [0.5, 0.6) is 0 Å². The molecule has 0 bridgehead atoms. The van der Waals surface area contributed by atoms with Gasteiger partial charge in [0.15, 0.2) is 5.58 Å². The largest absolute Gasteiger partial charge is 0.478 e. The second-order valence-electron chi connectivity index (χ2n) is 5.08. The molecule has 0 amide bonds. The molecule has 24 heavy (non-hydrogen) atoms. The number of oxazole rings is 1. The second-order valence-corrected chi connectivity index (χ2v) is 5.52. The van der Waals surface area contributed by atoms with Crippen molar-refractivity contribution in [2.75, 3.05) is 0 Å². The molecule has 0 fully saturated rings. The summed E-state index contributed by atoms with van der Waals surface area (Å²) in [6.07, 6.45) is -1.39. The Morgan fingerprint density at radius 1 is 1.21 bits per heavy atom. The Balaban J connectivity index is 2.00. The quantitative estimate of drug-likeness (QED) is 0.722. The number of esters is 1. The number of hydrogen-bond donors (Lipinski definition) is 1. The van der Waals surface area contributed by atoms with Gasteiger partial charge in [0.05, 0.1) is 0 Å². The van der Waals surface area contributed by atoms with Crippen LogP contribution in [0.3, 0.4) is 0 Å². The van der Waals surface area contributed by atoms with Gasteiger partial charge in [0.1, 0.15) is 5.52 Å². The van der Waals surface area contributed by atoms with Gasteiger partial charge in [-0.25, -0.2) is 9.78 Å². The van der Waals surface area contributed by atoms with Gasteiger partial charge < -0.3 is 14.3 Å². The predicted molar refractivity (Wildman–Crippen MR) is 86.6 cm³/mol. The Morgan fingerprint density at radius 3 is 2.54 bits per heavy atom. The molecule has 0 aliphatic rings. The lowest BCUT2D eigenvalue weighted by Crippen LogP contribution is -2.17. The number of aromatic nitrogens is 1. The van der Waals surface area contributed by atoms with Crippen molar-refractivity contribution in [1.29, 1.82) is 0 Å². The number of benzene rings is 2. The molecule has 2 aromatic carbocycles. The van der Waals surface area contributed by atoms with E-state index in [2.05, 4.69) is 4.98 Å². The average molecular weight is 346 g/mol. The van der Waals surface area contributed by atoms with E-state index in [9.17, 15) is 14.7 Å². The third kappa shape index (κ3) is 3.23. The first-order valence-electron chi connectivity index (χ1n) is 7.00. The molecule has 122 valence electrons. The molecular formula is C17H12ClNO5. The predicted octanol–water partition coefficient (Wildman–Crippen LogP) is 3.84. The third-order valence-corrected chi connectivity index (χ3v) is 3.57. The van der Waals surface area contributed by atoms with Gasteiger partial charge in [0, 0.05) is 23.1 Å². The summed E-state index contributed by atoms with van der Waals surface area (Å²) < 4.78 is 10.5. The molecule has 0 saturated heterocycles. The highest BCUT2D eigenvalue weighted by Gasteiger charge is 2.24. The van der Waals surface area contributed by atoms with E-state index in [0.29, 0.717) is 27.6 Å². The van der Waals surface area contributed by atoms with Crippen LogP contribution in [0.2, 0.25) is 5.02 Å². The van der Waals surface area contributed by atoms with Crippen molar-refractivity contribution in [1.82, 2.24) is 4.98 Å². The van der Waals surface area contributed by atoms with E-state index in [0.717, 1.165) is 12.5 Å². The van der Waals surface area contributed by atoms with Crippen molar-refractivity contribution in [3.63, 3.8) is 0 Å². The van der Waals surface area contributed by atoms with Gasteiger partial charge in [0.25, 0.3) is 0 Å². The summed E-state index contributed by atoms with van der Waals surface area (Å²) in [7, 11) is 0. The fraction of sp³-hybridized carbons (Fsp3) is 0.118. The smallest absolute Gasteiger partial charge is 0.349 e. The molecule has 1 heterocycles. The number of rotatable bonds is 4. The lowest BCUT2D eigenvalue weighted by atomic mass is 10.1. The number of carboxylic acid groups (broad SMARTS) is 1. The summed E-state index contributed by atoms with van der Waals surface area (Å²) in [5.74, 6) is -1.55. The maximum absolute atomic E-state index is 11.3. The van der Waals surface area contributed by atoms with Crippen molar-refractivity contribution in [3.05, 3.63) is 53.1 Å². The molecule has 0 saturated carbocycles. The zero-order chi connectivity index (χ0) is 17.3. The summed E-state index contributed by atoms with van der Waals surface area (Å²) in [6.45, 7) is 1.16. The first-order valence-corrected chi connectivity index (χ1v) is 7.38. The highest BCUT2D eigenvalue weighted by Crippen LogP contribution is 2.28. The van der Waals surface area contributed by atoms with E-state index in [1.165, 1.54) is 12.1 Å². The number of aliphatic carboxylic acids is 1. The number of ether oxygens (including phenoxy) is 1. The minimum Gasteiger partial charge on any atom is -0.478 e. The van der Waals surface area contributed by atoms with Gasteiger partial charge in [-0.15, -0.1) is 0 Å². The molecule has 1 aromatic heterocycles. The summed E-state index contributed by atoms with van der Waals surface area (Å²) >= 11 is 5.86. The normalized spacial score (nSPS) is 12.1. The Bertz CT molecular complexity index is 916. The monoisotopic (exact) mass is 345 g/mol. The van der Waals surface area contributed by atoms with Gasteiger partial charge in [-0.3, -0.25) is 4.79 Å². The molecule has 3 aromatic rings. The number of carboxylic acids is 1. The minimum atomic E-state index is -1.39. The van der Waals surface area contributed by atoms with Crippen LogP contribution in [0, 0.1) is 0 Å². The van der Waals surface area contributed by atoms with Crippen molar-refractivity contribution in [2.24, 2.45) is 0 Å². The second kappa shape index (κ2) is 6.33. The van der Waals surface area contributed by atoms with Gasteiger partial charge in [0.2, 0.25) is 12.0 Å². The van der Waals surface area contributed by atoms with Crippen molar-refractivity contribution in [2.45, 2.75) is 13.0 Å². The molecule has 3 rings (SSSR count). The highest BCUT2D eigenvalue weighted by molar-refractivity contribution is 6.30. The lowest BCUT2D eigenvalue weighted by molar-refractivity contribution is -0.163. The highest BCUT2D eigenvalue weighted by atomic mass is 35.5. The SMILES string of the molecule is CC(=O)OC(C(=O)O)c1ccc2oc(-c3ccc(Cl)cc3)nc2c1. The molecule has 0 radical (unpaired) electrons. The molecule has 0 spiro atoms. The zero-order valence-corrected chi connectivity index (χ0v) is 13.3. The summed E-state index contributed by atoms with van der Waals surface area (Å²) in [6, 6.07) is 11.6. The van der Waals surface area contributed by atoms with Crippen LogP contribution in [-0.2, 0) is 14.3 Å². The maximum atomic E-state index is 11.3. The standard InChI is InChI=1S/C17H12ClNO5/c1-9(20)23-15(17(21)22)11-4-7-14-13(8-11)19-16(24-14)10-2-5-12(18)6-3-10/h2-8,15H,1H3,(H,21,22). The van der Waals surface area contributed by atoms with Crippen molar-refractivity contribution >= 4 is 34.6 Å². The number of nitrogens with zero attached hydrogens (tertiary/aromatic N) is 1. The van der Waals surface area contributed by atoms with Crippen molar-refractivity contribution < 1.29 is 23.8 Å². The van der Waals surface area contributed by atoms with Crippen LogP contribution in [0.4, 0.5) is 0 Å². The van der Waals surface area contributed by atoms with Crippen LogP contribution >= 0.6 is 11.6 Å². The van der Waals surface area contributed by atoms with Crippen LogP contribution in [-0.4, -0.2) is 22.0 Å². The topological polar surface area (TPSA) is 89.6 Å². The Morgan fingerprint density at radius 2 is 1.92 bits per heavy atom. The summed E-state index contributed by atoms with van der Waals surface area (Å²) in [4.78, 5) is 26.7. The van der Waals surface area contributed by atoms with E-state index < -0.39 is 18.0 Å². The van der Waals surface area contributed by atoms with Crippen LogP contribution < -0.4 is 0 Å². The van der Waals surface area contributed by atoms with Gasteiger partial charge in [-0.1, -0.05) is 17.7 Å². The van der Waals surface area contributed by atoms with Crippen LogP contribution in [0.25, 0.3) is 22.6 Å². The number of hydrogen-bond acceptors (Lipinski definition) is 5. The third-order valence-electron chi connectivity index (χ3n) is 3.31. The molecule has 1 atom stereocenters. The molecule has 6 nitrogen and oxygen atoms in total. The van der Waals surface area contributed by atoms with Crippen molar-refractivity contribution in [3.8, 4) is 11.5 Å². The van der Waals surface area contributed by atoms with E-state index >= 15 is 0 Å². The van der Waals surface area contributed by atoms with Crippen LogP contribution in [0.15, 0.2) is 46.9 Å². The molecule has 7 heteroatoms. The van der Waals surface area contributed by atoms with Gasteiger partial charge >= 0.3 is 11.9 Å². The number of fused-ring (bicyclic) bond motifs is 1. The first-order chi connectivity index (χ1) is 11.4. The van der Waals surface area contributed by atoms with E-state index in [1.807, 2.05) is 0 Å². The Kier molecular flexibility index (Phi) is 4.22. The molecule has 1 unspecified atom stereocenters. The molecular weight excluding hydrogens is 334 g/mol. The Hall–Kier alpha value is -2.86. The summed E-state index contributed by atoms with van der Waals surface area (Å²) in [5, 5.41) is 9.82. The zero-order valence-electron chi connectivity index (χ0n) is 12.5. The Labute approximate surface area is 141 Å². The maximum Gasteiger partial charge on any atom is 0.349 e. The lowest BCUT2D eigenvalue weighted by Gasteiger charge is -2.12. The summed E-state index contributed by atoms with van der Waals surface area (Å²) in [5.41, 5.74) is 2.01. The minimum absolute atomic E-state index is 0.307. The number of carbonyl (C=O) groups excluding carboxylic acids is 1. The van der Waals surface area contributed by atoms with Gasteiger partial charge in [-0.2, -0.15) is 0 Å². The molecule has 0 aliphatic heterocycles. The molecule has 0 aliphatic carbocycles. The van der Waals surface area contributed by atoms with Crippen LogP contribution in [0.1, 0.15) is 18.6 Å². The van der Waals surface area contributed by atoms with E-state index in [1.54, 1.807) is 30.3 Å². The first kappa shape index (κ1) is 16.0. The molecule has 1 N–H and O–H groups in total. The fourth-order valence-electron chi connectivity index (χ4n) is 2.25. The average Bonchev–Trinajstić information content (AvgIpc) is 2.95.